The standard InChI is InChI=1S/C28H40N2O5/c1-8-34-24-16-12-21(18-25(24)35-9-2)13-17-26(31)30(20(3)27(32)29-28(4,5)6)19-22-10-14-23(33-7)15-11-22/h10-12,14-16,18,20H,8-9,13,17,19H2,1-7H3,(H,29,32)/t20-/m0/s1. The Bertz CT molecular complexity index is 966. The zero-order valence-electron chi connectivity index (χ0n) is 22.1. The van der Waals surface area contributed by atoms with E-state index in [4.69, 9.17) is 14.2 Å². The Morgan fingerprint density at radius 1 is 0.943 bits per heavy atom. The summed E-state index contributed by atoms with van der Waals surface area (Å²) in [5.74, 6) is 1.83. The maximum absolute atomic E-state index is 13.4. The van der Waals surface area contributed by atoms with Crippen molar-refractivity contribution in [1.82, 2.24) is 10.2 Å². The van der Waals surface area contributed by atoms with Crippen molar-refractivity contribution in [3.05, 3.63) is 53.6 Å². The van der Waals surface area contributed by atoms with E-state index in [1.807, 2.05) is 77.1 Å². The third kappa shape index (κ3) is 8.81. The quantitative estimate of drug-likeness (QED) is 0.470. The minimum Gasteiger partial charge on any atom is -0.497 e. The number of nitrogens with one attached hydrogen (secondary N) is 1. The highest BCUT2D eigenvalue weighted by molar-refractivity contribution is 5.87. The summed E-state index contributed by atoms with van der Waals surface area (Å²) in [6.07, 6.45) is 0.793. The summed E-state index contributed by atoms with van der Waals surface area (Å²) in [5, 5.41) is 2.99. The molecule has 0 aliphatic heterocycles. The summed E-state index contributed by atoms with van der Waals surface area (Å²) in [6, 6.07) is 12.7. The first kappa shape index (κ1) is 28.0. The molecule has 0 saturated carbocycles. The summed E-state index contributed by atoms with van der Waals surface area (Å²) in [5.41, 5.74) is 1.51. The van der Waals surface area contributed by atoms with Crippen molar-refractivity contribution in [2.24, 2.45) is 0 Å². The van der Waals surface area contributed by atoms with E-state index in [0.717, 1.165) is 16.9 Å². The van der Waals surface area contributed by atoms with Gasteiger partial charge in [0.15, 0.2) is 11.5 Å². The van der Waals surface area contributed by atoms with E-state index in [9.17, 15) is 9.59 Å². The Balaban J connectivity index is 2.20. The molecule has 0 bridgehead atoms. The molecule has 0 aliphatic rings. The third-order valence-corrected chi connectivity index (χ3v) is 5.41. The number of carbonyl (C=O) groups excluding carboxylic acids is 2. The van der Waals surface area contributed by atoms with Gasteiger partial charge in [0, 0.05) is 18.5 Å². The molecule has 0 aromatic heterocycles. The van der Waals surface area contributed by atoms with Crippen LogP contribution in [0.1, 0.15) is 59.1 Å². The van der Waals surface area contributed by atoms with E-state index >= 15 is 0 Å². The number of rotatable bonds is 12. The van der Waals surface area contributed by atoms with Crippen molar-refractivity contribution < 1.29 is 23.8 Å². The average molecular weight is 485 g/mol. The number of nitrogens with zero attached hydrogens (tertiary/aromatic N) is 1. The summed E-state index contributed by atoms with van der Waals surface area (Å²) in [6.45, 7) is 12.8. The van der Waals surface area contributed by atoms with Gasteiger partial charge in [0.25, 0.3) is 0 Å². The zero-order valence-corrected chi connectivity index (χ0v) is 22.1. The average Bonchev–Trinajstić information content (AvgIpc) is 2.81. The molecular formula is C28H40N2O5. The van der Waals surface area contributed by atoms with Crippen LogP contribution in [0, 0.1) is 0 Å². The van der Waals surface area contributed by atoms with Crippen LogP contribution in [-0.2, 0) is 22.6 Å². The van der Waals surface area contributed by atoms with Crippen LogP contribution in [0.5, 0.6) is 17.2 Å². The molecule has 1 atom stereocenters. The van der Waals surface area contributed by atoms with Gasteiger partial charge in [-0.2, -0.15) is 0 Å². The number of hydrogen-bond donors (Lipinski definition) is 1. The summed E-state index contributed by atoms with van der Waals surface area (Å²) < 4.78 is 16.6. The topological polar surface area (TPSA) is 77.1 Å². The van der Waals surface area contributed by atoms with Crippen molar-refractivity contribution in [3.63, 3.8) is 0 Å². The molecule has 0 spiro atoms. The number of amides is 2. The van der Waals surface area contributed by atoms with Crippen LogP contribution in [0.3, 0.4) is 0 Å². The van der Waals surface area contributed by atoms with Gasteiger partial charge in [-0.3, -0.25) is 9.59 Å². The largest absolute Gasteiger partial charge is 0.497 e. The molecule has 7 nitrogen and oxygen atoms in total. The fourth-order valence-electron chi connectivity index (χ4n) is 3.63. The van der Waals surface area contributed by atoms with Crippen LogP contribution in [0.15, 0.2) is 42.5 Å². The molecule has 1 N–H and O–H groups in total. The lowest BCUT2D eigenvalue weighted by atomic mass is 10.1. The molecule has 0 heterocycles. The van der Waals surface area contributed by atoms with Crippen molar-refractivity contribution >= 4 is 11.8 Å². The van der Waals surface area contributed by atoms with E-state index in [2.05, 4.69) is 5.32 Å². The first-order valence-electron chi connectivity index (χ1n) is 12.2. The van der Waals surface area contributed by atoms with Gasteiger partial charge in [-0.15, -0.1) is 0 Å². The van der Waals surface area contributed by atoms with Gasteiger partial charge in [-0.05, 0) is 83.4 Å². The van der Waals surface area contributed by atoms with Gasteiger partial charge in [-0.25, -0.2) is 0 Å². The third-order valence-electron chi connectivity index (χ3n) is 5.41. The Morgan fingerprint density at radius 3 is 2.11 bits per heavy atom. The fraction of sp³-hybridized carbons (Fsp3) is 0.500. The van der Waals surface area contributed by atoms with E-state index in [1.165, 1.54) is 0 Å². The molecule has 2 amide bonds. The van der Waals surface area contributed by atoms with Crippen LogP contribution in [0.2, 0.25) is 0 Å². The Kier molecular flexibility index (Phi) is 10.4. The molecule has 0 saturated heterocycles. The van der Waals surface area contributed by atoms with E-state index in [0.29, 0.717) is 37.7 Å². The second-order valence-corrected chi connectivity index (χ2v) is 9.43. The molecule has 2 rings (SSSR count). The van der Waals surface area contributed by atoms with Crippen LogP contribution in [0.25, 0.3) is 0 Å². The molecule has 7 heteroatoms. The molecular weight excluding hydrogens is 444 g/mol. The van der Waals surface area contributed by atoms with E-state index in [1.54, 1.807) is 18.9 Å². The lowest BCUT2D eigenvalue weighted by molar-refractivity contribution is -0.141. The van der Waals surface area contributed by atoms with E-state index < -0.39 is 11.6 Å². The minimum atomic E-state index is -0.622. The number of benzene rings is 2. The highest BCUT2D eigenvalue weighted by Crippen LogP contribution is 2.29. The van der Waals surface area contributed by atoms with Gasteiger partial charge >= 0.3 is 0 Å². The summed E-state index contributed by atoms with van der Waals surface area (Å²) >= 11 is 0. The van der Waals surface area contributed by atoms with Crippen LogP contribution in [-0.4, -0.2) is 48.6 Å². The molecule has 0 unspecified atom stereocenters. The Morgan fingerprint density at radius 2 is 1.54 bits per heavy atom. The van der Waals surface area contributed by atoms with Crippen molar-refractivity contribution in [2.45, 2.75) is 72.5 Å². The van der Waals surface area contributed by atoms with Crippen molar-refractivity contribution in [3.8, 4) is 17.2 Å². The molecule has 192 valence electrons. The number of ether oxygens (including phenoxy) is 3. The molecule has 2 aromatic carbocycles. The predicted octanol–water partition coefficient (Wildman–Crippen LogP) is 4.76. The number of methoxy groups -OCH3 is 1. The number of aryl methyl sites for hydroxylation is 1. The highest BCUT2D eigenvalue weighted by atomic mass is 16.5. The minimum absolute atomic E-state index is 0.0933. The second-order valence-electron chi connectivity index (χ2n) is 9.43. The lowest BCUT2D eigenvalue weighted by Gasteiger charge is -2.31. The fourth-order valence-corrected chi connectivity index (χ4v) is 3.63. The van der Waals surface area contributed by atoms with Gasteiger partial charge < -0.3 is 24.4 Å². The first-order chi connectivity index (χ1) is 16.6. The second kappa shape index (κ2) is 13.0. The Hall–Kier alpha value is -3.22. The Labute approximate surface area is 209 Å². The van der Waals surface area contributed by atoms with Crippen molar-refractivity contribution in [2.75, 3.05) is 20.3 Å². The highest BCUT2D eigenvalue weighted by Gasteiger charge is 2.28. The SMILES string of the molecule is CCOc1ccc(CCC(=O)N(Cc2ccc(OC)cc2)[C@@H](C)C(=O)NC(C)(C)C)cc1OCC. The zero-order chi connectivity index (χ0) is 26.0. The molecule has 0 aliphatic carbocycles. The maximum Gasteiger partial charge on any atom is 0.242 e. The molecule has 2 aromatic rings. The summed E-state index contributed by atoms with van der Waals surface area (Å²) in [7, 11) is 1.61. The van der Waals surface area contributed by atoms with Gasteiger partial charge in [0.2, 0.25) is 11.8 Å². The normalized spacial score (nSPS) is 12.0. The van der Waals surface area contributed by atoms with Gasteiger partial charge in [0.05, 0.1) is 20.3 Å². The molecule has 0 fully saturated rings. The first-order valence-corrected chi connectivity index (χ1v) is 12.2. The number of hydrogen-bond acceptors (Lipinski definition) is 5. The smallest absolute Gasteiger partial charge is 0.242 e. The van der Waals surface area contributed by atoms with Gasteiger partial charge in [-0.1, -0.05) is 18.2 Å². The van der Waals surface area contributed by atoms with Crippen molar-refractivity contribution in [1.29, 1.82) is 0 Å². The number of carbonyl (C=O) groups is 2. The molecule has 35 heavy (non-hydrogen) atoms. The summed E-state index contributed by atoms with van der Waals surface area (Å²) in [4.78, 5) is 28.0. The molecule has 0 radical (unpaired) electrons. The van der Waals surface area contributed by atoms with E-state index in [-0.39, 0.29) is 18.2 Å². The van der Waals surface area contributed by atoms with Crippen LogP contribution >= 0.6 is 0 Å². The monoisotopic (exact) mass is 484 g/mol. The predicted molar refractivity (Wildman–Crippen MR) is 138 cm³/mol. The van der Waals surface area contributed by atoms with Gasteiger partial charge in [0.1, 0.15) is 11.8 Å². The lowest BCUT2D eigenvalue weighted by Crippen LogP contribution is -2.52. The van der Waals surface area contributed by atoms with Crippen LogP contribution < -0.4 is 19.5 Å². The maximum atomic E-state index is 13.4. The van der Waals surface area contributed by atoms with Crippen LogP contribution in [0.4, 0.5) is 0 Å².